The van der Waals surface area contributed by atoms with Crippen LogP contribution in [0.1, 0.15) is 16.8 Å². The highest BCUT2D eigenvalue weighted by Crippen LogP contribution is 2.52. The second-order valence-electron chi connectivity index (χ2n) is 7.56. The molecular weight excluding hydrogens is 392 g/mol. The molecule has 3 aliphatic rings. The van der Waals surface area contributed by atoms with Gasteiger partial charge in [-0.2, -0.15) is 0 Å². The van der Waals surface area contributed by atoms with Crippen LogP contribution in [0.5, 0.6) is 11.5 Å². The number of benzene rings is 1. The van der Waals surface area contributed by atoms with E-state index < -0.39 is 18.4 Å². The molecule has 4 atom stereocenters. The zero-order valence-electron chi connectivity index (χ0n) is 16.8. The molecule has 0 unspecified atom stereocenters. The van der Waals surface area contributed by atoms with Crippen molar-refractivity contribution in [3.8, 4) is 11.5 Å². The van der Waals surface area contributed by atoms with Crippen LogP contribution in [0.4, 0.5) is 5.69 Å². The lowest BCUT2D eigenvalue weighted by Crippen LogP contribution is -2.39. The van der Waals surface area contributed by atoms with Crippen molar-refractivity contribution in [3.05, 3.63) is 29.8 Å². The second-order valence-corrected chi connectivity index (χ2v) is 7.56. The third-order valence-corrected chi connectivity index (χ3v) is 6.07. The number of anilines is 1. The summed E-state index contributed by atoms with van der Waals surface area (Å²) in [5.74, 6) is -1.91. The quantitative estimate of drug-likeness (QED) is 0.423. The van der Waals surface area contributed by atoms with Crippen molar-refractivity contribution in [2.45, 2.75) is 6.42 Å². The van der Waals surface area contributed by atoms with E-state index in [1.807, 2.05) is 12.2 Å². The number of carbonyl (C=O) groups is 4. The van der Waals surface area contributed by atoms with Gasteiger partial charge in [0.25, 0.3) is 0 Å². The highest BCUT2D eigenvalue weighted by molar-refractivity contribution is 6.10. The highest BCUT2D eigenvalue weighted by atomic mass is 16.5. The van der Waals surface area contributed by atoms with Crippen LogP contribution in [0.2, 0.25) is 0 Å². The summed E-state index contributed by atoms with van der Waals surface area (Å²) in [7, 11) is 4.05. The number of likely N-dealkylation sites (tertiary alicyclic amines) is 1. The van der Waals surface area contributed by atoms with Crippen LogP contribution in [0.3, 0.4) is 0 Å². The molecule has 1 aromatic rings. The van der Waals surface area contributed by atoms with Gasteiger partial charge in [-0.3, -0.25) is 19.3 Å². The average molecular weight is 414 g/mol. The molecule has 9 heteroatoms. The van der Waals surface area contributed by atoms with E-state index in [-0.39, 0.29) is 52.5 Å². The maximum atomic E-state index is 12.8. The van der Waals surface area contributed by atoms with Gasteiger partial charge in [-0.05, 0) is 18.3 Å². The Morgan fingerprint density at radius 2 is 1.57 bits per heavy atom. The van der Waals surface area contributed by atoms with Crippen molar-refractivity contribution in [2.24, 2.45) is 23.7 Å². The number of ether oxygens (including phenoxy) is 3. The van der Waals surface area contributed by atoms with Crippen molar-refractivity contribution in [1.82, 2.24) is 4.90 Å². The number of hydrogen-bond acceptors (Lipinski definition) is 7. The minimum absolute atomic E-state index is 0.0571. The first-order valence-corrected chi connectivity index (χ1v) is 9.57. The van der Waals surface area contributed by atoms with Gasteiger partial charge in [0.2, 0.25) is 17.7 Å². The number of allylic oxidation sites excluding steroid dienone is 2. The van der Waals surface area contributed by atoms with E-state index in [1.54, 1.807) is 0 Å². The number of esters is 1. The molecule has 30 heavy (non-hydrogen) atoms. The predicted molar refractivity (Wildman–Crippen MR) is 104 cm³/mol. The molecule has 0 radical (unpaired) electrons. The lowest BCUT2D eigenvalue weighted by atomic mass is 9.85. The number of nitrogens with zero attached hydrogens (tertiary/aromatic N) is 1. The smallest absolute Gasteiger partial charge is 0.340 e. The number of rotatable bonds is 6. The molecule has 1 aromatic carbocycles. The number of nitrogens with one attached hydrogen (secondary N) is 1. The summed E-state index contributed by atoms with van der Waals surface area (Å²) in [6, 6.07) is 2.82. The van der Waals surface area contributed by atoms with E-state index in [9.17, 15) is 19.2 Å². The van der Waals surface area contributed by atoms with E-state index in [2.05, 4.69) is 5.32 Å². The van der Waals surface area contributed by atoms with Gasteiger partial charge < -0.3 is 19.5 Å². The third kappa shape index (κ3) is 3.01. The Bertz CT molecular complexity index is 940. The molecule has 2 aliphatic carbocycles. The SMILES string of the molecule is COC(=O)c1cc(OC)c(OC)cc1NC(=O)CN1C(=O)[C@H]2[C@H](C1=O)[C@H]1C=C[C@H]2C1. The van der Waals surface area contributed by atoms with Gasteiger partial charge in [-0.25, -0.2) is 4.79 Å². The van der Waals surface area contributed by atoms with Gasteiger partial charge in [0.05, 0.1) is 44.4 Å². The fourth-order valence-electron chi connectivity index (χ4n) is 4.71. The zero-order chi connectivity index (χ0) is 21.6. The van der Waals surface area contributed by atoms with Crippen LogP contribution in [-0.2, 0) is 19.1 Å². The first-order valence-electron chi connectivity index (χ1n) is 9.57. The molecule has 3 amide bonds. The Hall–Kier alpha value is -3.36. The molecule has 1 saturated carbocycles. The van der Waals surface area contributed by atoms with Crippen LogP contribution < -0.4 is 14.8 Å². The molecule has 2 fully saturated rings. The van der Waals surface area contributed by atoms with E-state index in [0.29, 0.717) is 5.75 Å². The number of hydrogen-bond donors (Lipinski definition) is 1. The Labute approximate surface area is 172 Å². The number of carbonyl (C=O) groups excluding carboxylic acids is 4. The molecule has 158 valence electrons. The summed E-state index contributed by atoms with van der Waals surface area (Å²) in [6.07, 6.45) is 4.81. The summed E-state index contributed by atoms with van der Waals surface area (Å²) in [4.78, 5) is 51.4. The predicted octanol–water partition coefficient (Wildman–Crippen LogP) is 1.24. The first kappa shape index (κ1) is 19.9. The Morgan fingerprint density at radius 3 is 2.10 bits per heavy atom. The van der Waals surface area contributed by atoms with E-state index in [0.717, 1.165) is 11.3 Å². The van der Waals surface area contributed by atoms with Crippen LogP contribution in [0, 0.1) is 23.7 Å². The Kier molecular flexibility index (Phi) is 4.97. The molecule has 9 nitrogen and oxygen atoms in total. The summed E-state index contributed by atoms with van der Waals surface area (Å²) in [5, 5.41) is 2.59. The molecule has 1 N–H and O–H groups in total. The molecule has 1 aliphatic heterocycles. The van der Waals surface area contributed by atoms with E-state index in [1.165, 1.54) is 33.5 Å². The van der Waals surface area contributed by atoms with Crippen LogP contribution in [0.15, 0.2) is 24.3 Å². The normalized spacial score (nSPS) is 26.0. The number of methoxy groups -OCH3 is 3. The molecule has 2 bridgehead atoms. The summed E-state index contributed by atoms with van der Waals surface area (Å²) < 4.78 is 15.2. The van der Waals surface area contributed by atoms with Gasteiger partial charge in [0.15, 0.2) is 11.5 Å². The molecule has 0 spiro atoms. The van der Waals surface area contributed by atoms with Crippen molar-refractivity contribution in [1.29, 1.82) is 0 Å². The van der Waals surface area contributed by atoms with Crippen molar-refractivity contribution < 1.29 is 33.4 Å². The van der Waals surface area contributed by atoms with Crippen LogP contribution in [-0.4, -0.2) is 56.5 Å². The summed E-state index contributed by atoms with van der Waals surface area (Å²) >= 11 is 0. The van der Waals surface area contributed by atoms with Gasteiger partial charge >= 0.3 is 5.97 Å². The minimum Gasteiger partial charge on any atom is -0.493 e. The maximum absolute atomic E-state index is 12.8. The Balaban J connectivity index is 1.54. The lowest BCUT2D eigenvalue weighted by molar-refractivity contribution is -0.143. The fourth-order valence-corrected chi connectivity index (χ4v) is 4.71. The zero-order valence-corrected chi connectivity index (χ0v) is 16.8. The largest absolute Gasteiger partial charge is 0.493 e. The van der Waals surface area contributed by atoms with E-state index >= 15 is 0 Å². The van der Waals surface area contributed by atoms with Gasteiger partial charge in [0.1, 0.15) is 6.54 Å². The number of amides is 3. The van der Waals surface area contributed by atoms with Gasteiger partial charge in [-0.15, -0.1) is 0 Å². The molecule has 0 aromatic heterocycles. The van der Waals surface area contributed by atoms with Crippen LogP contribution in [0.25, 0.3) is 0 Å². The maximum Gasteiger partial charge on any atom is 0.340 e. The molecule has 4 rings (SSSR count). The molecular formula is C21H22N2O7. The van der Waals surface area contributed by atoms with Crippen molar-refractivity contribution >= 4 is 29.4 Å². The fraction of sp³-hybridized carbons (Fsp3) is 0.429. The van der Waals surface area contributed by atoms with Crippen molar-refractivity contribution in [3.63, 3.8) is 0 Å². The Morgan fingerprint density at radius 1 is 1.00 bits per heavy atom. The molecule has 1 heterocycles. The lowest BCUT2D eigenvalue weighted by Gasteiger charge is -2.18. The monoisotopic (exact) mass is 414 g/mol. The molecule has 1 saturated heterocycles. The topological polar surface area (TPSA) is 111 Å². The standard InChI is InChI=1S/C21H22N2O7/c1-28-14-7-12(21(27)30-3)13(8-15(14)29-2)22-16(24)9-23-19(25)17-10-4-5-11(6-10)18(17)20(23)26/h4-5,7-8,10-11,17-18H,6,9H2,1-3H3,(H,22,24)/t10-,11-,17+,18+/m0/s1. The number of fused-ring (bicyclic) bond motifs is 5. The average Bonchev–Trinajstić information content (AvgIpc) is 3.43. The summed E-state index contributed by atoms with van der Waals surface area (Å²) in [6.45, 7) is -0.418. The van der Waals surface area contributed by atoms with Gasteiger partial charge in [-0.1, -0.05) is 12.2 Å². The van der Waals surface area contributed by atoms with Crippen molar-refractivity contribution in [2.75, 3.05) is 33.2 Å². The third-order valence-electron chi connectivity index (χ3n) is 6.07. The van der Waals surface area contributed by atoms with Crippen LogP contribution >= 0.6 is 0 Å². The second kappa shape index (κ2) is 7.47. The number of imide groups is 1. The summed E-state index contributed by atoms with van der Waals surface area (Å²) in [5.41, 5.74) is 0.187. The minimum atomic E-state index is -0.684. The highest BCUT2D eigenvalue weighted by Gasteiger charge is 2.59. The van der Waals surface area contributed by atoms with Gasteiger partial charge in [0, 0.05) is 12.1 Å². The first-order chi connectivity index (χ1) is 14.4. The van der Waals surface area contributed by atoms with E-state index in [4.69, 9.17) is 14.2 Å².